The number of hydrogen-bond donors (Lipinski definition) is 2. The van der Waals surface area contributed by atoms with Gasteiger partial charge in [-0.3, -0.25) is 24.0 Å². The van der Waals surface area contributed by atoms with Gasteiger partial charge in [0.2, 0.25) is 10.9 Å². The second-order valence-corrected chi connectivity index (χ2v) is 16.7. The highest BCUT2D eigenvalue weighted by Gasteiger charge is 2.31. The molecule has 75 heavy (non-hydrogen) atoms. The number of benzene rings is 4. The molecule has 2 N–H and O–H groups in total. The number of terminal acetylenes is 1. The molecule has 0 atom stereocenters. The minimum Gasteiger partial charge on any atom is -1.00 e. The van der Waals surface area contributed by atoms with Gasteiger partial charge in [0.1, 0.15) is 23.7 Å². The molecule has 8 rings (SSSR count). The molecule has 0 fully saturated rings. The van der Waals surface area contributed by atoms with E-state index in [9.17, 15) is 33.9 Å². The molecule has 0 spiro atoms. The Morgan fingerprint density at radius 2 is 0.973 bits per heavy atom. The quantitative estimate of drug-likeness (QED) is 0.0894. The van der Waals surface area contributed by atoms with Crippen molar-refractivity contribution >= 4 is 56.5 Å². The topological polar surface area (TPSA) is 235 Å². The van der Waals surface area contributed by atoms with E-state index in [0.717, 1.165) is 5.56 Å². The maximum Gasteiger partial charge on any atom is 0.336 e. The standard InChI is InChI=1S/C29H27NO8.C26H24O9.CH4.FH/c1-6-9-30-29(33)25-17(3)16(2)10-24-26(25)28(32)21(13-36-24)19-8-7-18-11-22(37-14-34-4)23(38-15-35-5)12-20(18)27(19)31;1-13-7-21-23(22(14(13)2)26(29)30)25(28)18(10-33-21)16-6-5-15-8-19(34-11-31-3)20(35-12-32-4)9-17(15)24(16)27;;/h1,8,10-13H,7,9,14-15H2,2-5H3,(H,30,33);6-10H,5,11-12H2,1-4H3,(H,29,30);1H4;1H/p-1. The van der Waals surface area contributed by atoms with Crippen molar-refractivity contribution in [3.05, 3.63) is 148 Å². The summed E-state index contributed by atoms with van der Waals surface area (Å²) in [5, 5.41) is 12.4. The summed E-state index contributed by atoms with van der Waals surface area (Å²) >= 11 is 0. The van der Waals surface area contributed by atoms with Crippen LogP contribution >= 0.6 is 0 Å². The van der Waals surface area contributed by atoms with E-state index in [4.69, 9.17) is 53.2 Å². The summed E-state index contributed by atoms with van der Waals surface area (Å²) in [6, 6.07) is 9.80. The molecule has 2 heterocycles. The van der Waals surface area contributed by atoms with Crippen LogP contribution in [0.15, 0.2) is 79.5 Å². The first-order valence-electron chi connectivity index (χ1n) is 22.5. The number of hydrogen-bond acceptors (Lipinski definition) is 16. The lowest BCUT2D eigenvalue weighted by molar-refractivity contribution is -0.0000610. The van der Waals surface area contributed by atoms with E-state index in [0.29, 0.717) is 69.0 Å². The molecule has 18 nitrogen and oxygen atoms in total. The van der Waals surface area contributed by atoms with Gasteiger partial charge in [-0.1, -0.05) is 25.5 Å². The number of ether oxygens (including phenoxy) is 8. The van der Waals surface area contributed by atoms with Crippen molar-refractivity contribution in [3.8, 4) is 35.3 Å². The van der Waals surface area contributed by atoms with Crippen LogP contribution in [0.2, 0.25) is 0 Å². The molecule has 0 radical (unpaired) electrons. The molecule has 2 aliphatic carbocycles. The monoisotopic (exact) mass is 1030 g/mol. The summed E-state index contributed by atoms with van der Waals surface area (Å²) < 4.78 is 53.7. The van der Waals surface area contributed by atoms with Gasteiger partial charge in [0.15, 0.2) is 61.7 Å². The van der Waals surface area contributed by atoms with E-state index in [1.54, 1.807) is 63.3 Å². The Labute approximate surface area is 430 Å². The minimum atomic E-state index is -1.24. The number of methoxy groups -OCH3 is 4. The summed E-state index contributed by atoms with van der Waals surface area (Å²) in [7, 11) is 5.92. The molecule has 19 heteroatoms. The van der Waals surface area contributed by atoms with Crippen molar-refractivity contribution in [2.45, 2.75) is 48.0 Å². The third kappa shape index (κ3) is 11.5. The zero-order valence-electron chi connectivity index (χ0n) is 41.7. The predicted molar refractivity (Wildman–Crippen MR) is 274 cm³/mol. The fourth-order valence-electron chi connectivity index (χ4n) is 8.44. The molecule has 2 aliphatic rings. The highest BCUT2D eigenvalue weighted by molar-refractivity contribution is 6.31. The molecule has 1 amide bonds. The Balaban J connectivity index is 0.000000271. The van der Waals surface area contributed by atoms with E-state index in [1.165, 1.54) is 47.0 Å². The number of amides is 1. The van der Waals surface area contributed by atoms with Crippen LogP contribution < -0.4 is 39.8 Å². The zero-order chi connectivity index (χ0) is 52.7. The number of carbonyl (C=O) groups is 4. The largest absolute Gasteiger partial charge is 1.00 e. The fourth-order valence-corrected chi connectivity index (χ4v) is 8.44. The molecule has 394 valence electrons. The second-order valence-electron chi connectivity index (χ2n) is 16.7. The van der Waals surface area contributed by atoms with Crippen LogP contribution in [0.25, 0.3) is 33.1 Å². The zero-order valence-corrected chi connectivity index (χ0v) is 41.7. The van der Waals surface area contributed by atoms with E-state index in [2.05, 4.69) is 11.2 Å². The number of rotatable bonds is 17. The van der Waals surface area contributed by atoms with Crippen LogP contribution in [0.4, 0.5) is 0 Å². The Morgan fingerprint density at radius 3 is 1.35 bits per heavy atom. The average molecular weight is 1030 g/mol. The Morgan fingerprint density at radius 1 is 0.600 bits per heavy atom. The number of allylic oxidation sites excluding steroid dienone is 4. The first kappa shape index (κ1) is 57.5. The minimum absolute atomic E-state index is 0. The Hall–Kier alpha value is -8.41. The van der Waals surface area contributed by atoms with Crippen molar-refractivity contribution < 1.29 is 75.7 Å². The number of fused-ring (bicyclic) bond motifs is 4. The smallest absolute Gasteiger partial charge is 0.336 e. The number of carboxylic acid groups (broad SMARTS) is 1. The number of carbonyl (C=O) groups excluding carboxylic acids is 3. The first-order chi connectivity index (χ1) is 35.1. The van der Waals surface area contributed by atoms with Crippen LogP contribution in [-0.2, 0) is 31.8 Å². The number of ketones is 2. The van der Waals surface area contributed by atoms with Crippen LogP contribution in [0.5, 0.6) is 23.0 Å². The van der Waals surface area contributed by atoms with Gasteiger partial charge in [-0.05, 0) is 110 Å². The van der Waals surface area contributed by atoms with Crippen molar-refractivity contribution in [3.63, 3.8) is 0 Å². The van der Waals surface area contributed by atoms with Crippen molar-refractivity contribution in [2.75, 3.05) is 62.2 Å². The molecule has 0 bridgehead atoms. The van der Waals surface area contributed by atoms with Gasteiger partial charge in [0.05, 0.1) is 39.6 Å². The van der Waals surface area contributed by atoms with Crippen molar-refractivity contribution in [2.24, 2.45) is 0 Å². The van der Waals surface area contributed by atoms with E-state index in [-0.39, 0.29) is 113 Å². The summed E-state index contributed by atoms with van der Waals surface area (Å²) in [5.74, 6) is 1.17. The van der Waals surface area contributed by atoms with Crippen LogP contribution in [0, 0.1) is 40.0 Å². The summed E-state index contributed by atoms with van der Waals surface area (Å²) in [4.78, 5) is 79.3. The highest BCUT2D eigenvalue weighted by atomic mass is 19.0. The normalized spacial score (nSPS) is 12.4. The maximum absolute atomic E-state index is 13.8. The van der Waals surface area contributed by atoms with Gasteiger partial charge in [-0.2, -0.15) is 0 Å². The van der Waals surface area contributed by atoms with Gasteiger partial charge in [-0.15, -0.1) is 6.42 Å². The van der Waals surface area contributed by atoms with Gasteiger partial charge < -0.3 is 61.9 Å². The maximum atomic E-state index is 13.8. The van der Waals surface area contributed by atoms with Crippen molar-refractivity contribution in [1.82, 2.24) is 5.32 Å². The summed E-state index contributed by atoms with van der Waals surface area (Å²) in [6.45, 7) is 6.80. The first-order valence-corrected chi connectivity index (χ1v) is 22.5. The third-order valence-corrected chi connectivity index (χ3v) is 12.2. The fraction of sp³-hybridized carbons (Fsp3) is 0.286. The van der Waals surface area contributed by atoms with Gasteiger partial charge in [0.25, 0.3) is 5.91 Å². The molecule has 0 saturated carbocycles. The van der Waals surface area contributed by atoms with Crippen LogP contribution in [-0.4, -0.2) is 90.7 Å². The lowest BCUT2D eigenvalue weighted by Crippen LogP contribution is -3.00. The number of aromatic carboxylic acids is 1. The summed E-state index contributed by atoms with van der Waals surface area (Å²) in [6.07, 6.45) is 11.7. The third-order valence-electron chi connectivity index (χ3n) is 12.2. The molecule has 0 saturated heterocycles. The van der Waals surface area contributed by atoms with E-state index in [1.807, 2.05) is 6.92 Å². The molecular formula is C56H55FNO17-. The van der Waals surface area contributed by atoms with Crippen LogP contribution in [0.3, 0.4) is 0 Å². The molecular weight excluding hydrogens is 978 g/mol. The molecule has 4 aromatic carbocycles. The highest BCUT2D eigenvalue weighted by Crippen LogP contribution is 2.39. The molecule has 2 aromatic heterocycles. The van der Waals surface area contributed by atoms with Crippen molar-refractivity contribution in [1.29, 1.82) is 0 Å². The Kier molecular flexibility index (Phi) is 19.2. The van der Waals surface area contributed by atoms with E-state index >= 15 is 0 Å². The van der Waals surface area contributed by atoms with E-state index < -0.39 is 28.5 Å². The number of nitrogens with one attached hydrogen (secondary N) is 1. The Bertz CT molecular complexity index is 3450. The lowest BCUT2D eigenvalue weighted by atomic mass is 9.86. The van der Waals surface area contributed by atoms with Crippen LogP contribution in [0.1, 0.15) is 93.4 Å². The number of carboxylic acids is 1. The van der Waals surface area contributed by atoms with Gasteiger partial charge in [-0.25, -0.2) is 4.79 Å². The molecule has 6 aromatic rings. The molecule has 0 unspecified atom stereocenters. The number of halogens is 1. The van der Waals surface area contributed by atoms with Gasteiger partial charge >= 0.3 is 5.97 Å². The van der Waals surface area contributed by atoms with Gasteiger partial charge in [0, 0.05) is 50.7 Å². The average Bonchev–Trinajstić information content (AvgIpc) is 3.37. The predicted octanol–water partition coefficient (Wildman–Crippen LogP) is 5.10. The number of Topliss-reactive ketones (excluding diaryl/α,β-unsaturated/α-hetero) is 2. The SMILES string of the molecule is C.C#CCNC(=O)c1c(C)c(C)cc2occ(C3=CCc4cc(OCOC)c(OCOC)cc4C3=O)c(=O)c12.COCOc1cc2c(cc1OCOC)C(=O)C(c1coc3cc(C)c(C)c(C(=O)O)c3c1=O)=CC2.[F-]. The lowest BCUT2D eigenvalue weighted by Gasteiger charge is -2.20. The molecule has 0 aliphatic heterocycles. The summed E-state index contributed by atoms with van der Waals surface area (Å²) in [5.41, 5.74) is 4.33. The number of aryl methyl sites for hydroxylation is 2. The second kappa shape index (κ2) is 25.0.